The molecule has 9 heavy (non-hydrogen) atoms. The van der Waals surface area contributed by atoms with Crippen LogP contribution in [-0.4, -0.2) is 18.5 Å². The van der Waals surface area contributed by atoms with E-state index in [1.54, 1.807) is 0 Å². The second-order valence-electron chi connectivity index (χ2n) is 3.10. The van der Waals surface area contributed by atoms with Crippen LogP contribution in [0.2, 0.25) is 0 Å². The second kappa shape index (κ2) is 3.02. The van der Waals surface area contributed by atoms with Gasteiger partial charge in [0.25, 0.3) is 0 Å². The van der Waals surface area contributed by atoms with Gasteiger partial charge >= 0.3 is 0 Å². The van der Waals surface area contributed by atoms with Crippen LogP contribution >= 0.6 is 15.9 Å². The van der Waals surface area contributed by atoms with Crippen molar-refractivity contribution in [2.45, 2.75) is 19.8 Å². The Morgan fingerprint density at radius 3 is 2.78 bits per heavy atom. The van der Waals surface area contributed by atoms with Crippen molar-refractivity contribution in [2.24, 2.45) is 5.41 Å². The molecule has 1 heterocycles. The molecule has 1 nitrogen and oxygen atoms in total. The first-order valence-electron chi connectivity index (χ1n) is 3.41. The molecule has 0 aliphatic carbocycles. The Balaban J connectivity index is 2.37. The highest BCUT2D eigenvalue weighted by atomic mass is 79.9. The third kappa shape index (κ3) is 1.94. The Morgan fingerprint density at radius 2 is 2.44 bits per heavy atom. The summed E-state index contributed by atoms with van der Waals surface area (Å²) in [6.07, 6.45) is 2.53. The van der Waals surface area contributed by atoms with Crippen LogP contribution in [0, 0.1) is 5.41 Å². The molecule has 0 aromatic carbocycles. The molecule has 0 radical (unpaired) electrons. The van der Waals surface area contributed by atoms with Crippen molar-refractivity contribution in [2.75, 3.05) is 18.5 Å². The standard InChI is InChI=1S/C7H13BrO/c1-7(5-8)3-2-4-9-6-7/h2-6H2,1H3. The largest absolute Gasteiger partial charge is 0.381 e. The summed E-state index contributed by atoms with van der Waals surface area (Å²) in [5.74, 6) is 0. The van der Waals surface area contributed by atoms with E-state index in [4.69, 9.17) is 4.74 Å². The van der Waals surface area contributed by atoms with Gasteiger partial charge in [-0.15, -0.1) is 0 Å². The monoisotopic (exact) mass is 192 g/mol. The van der Waals surface area contributed by atoms with Crippen molar-refractivity contribution in [3.63, 3.8) is 0 Å². The van der Waals surface area contributed by atoms with E-state index in [-0.39, 0.29) is 0 Å². The van der Waals surface area contributed by atoms with Gasteiger partial charge in [-0.25, -0.2) is 0 Å². The molecular weight excluding hydrogens is 180 g/mol. The van der Waals surface area contributed by atoms with Crippen LogP contribution < -0.4 is 0 Å². The van der Waals surface area contributed by atoms with Gasteiger partial charge in [0.05, 0.1) is 6.61 Å². The van der Waals surface area contributed by atoms with Crippen molar-refractivity contribution in [1.29, 1.82) is 0 Å². The minimum Gasteiger partial charge on any atom is -0.381 e. The molecule has 54 valence electrons. The summed E-state index contributed by atoms with van der Waals surface area (Å²) in [5.41, 5.74) is 0.415. The number of hydrogen-bond acceptors (Lipinski definition) is 1. The van der Waals surface area contributed by atoms with Crippen molar-refractivity contribution >= 4 is 15.9 Å². The highest BCUT2D eigenvalue weighted by molar-refractivity contribution is 9.09. The average molecular weight is 193 g/mol. The normalized spacial score (nSPS) is 36.7. The summed E-state index contributed by atoms with van der Waals surface area (Å²) in [6.45, 7) is 4.15. The van der Waals surface area contributed by atoms with Gasteiger partial charge in [-0.1, -0.05) is 22.9 Å². The summed E-state index contributed by atoms with van der Waals surface area (Å²) >= 11 is 3.49. The molecule has 1 unspecified atom stereocenters. The first-order valence-corrected chi connectivity index (χ1v) is 4.53. The van der Waals surface area contributed by atoms with Gasteiger partial charge in [0.1, 0.15) is 0 Å². The quantitative estimate of drug-likeness (QED) is 0.580. The predicted octanol–water partition coefficient (Wildman–Crippen LogP) is 2.20. The number of hydrogen-bond donors (Lipinski definition) is 0. The topological polar surface area (TPSA) is 9.23 Å². The van der Waals surface area contributed by atoms with E-state index in [9.17, 15) is 0 Å². The number of halogens is 1. The molecule has 0 N–H and O–H groups in total. The number of rotatable bonds is 1. The Bertz CT molecular complexity index is 86.9. The van der Waals surface area contributed by atoms with Gasteiger partial charge in [-0.3, -0.25) is 0 Å². The van der Waals surface area contributed by atoms with Crippen LogP contribution in [-0.2, 0) is 4.74 Å². The van der Waals surface area contributed by atoms with E-state index in [0.717, 1.165) is 18.5 Å². The lowest BCUT2D eigenvalue weighted by Gasteiger charge is -2.31. The summed E-state index contributed by atoms with van der Waals surface area (Å²) in [4.78, 5) is 0. The van der Waals surface area contributed by atoms with Gasteiger partial charge in [0.2, 0.25) is 0 Å². The van der Waals surface area contributed by atoms with Crippen LogP contribution in [0.1, 0.15) is 19.8 Å². The van der Waals surface area contributed by atoms with Crippen LogP contribution in [0.3, 0.4) is 0 Å². The molecule has 1 rings (SSSR count). The van der Waals surface area contributed by atoms with Crippen molar-refractivity contribution < 1.29 is 4.74 Å². The zero-order chi connectivity index (χ0) is 6.74. The second-order valence-corrected chi connectivity index (χ2v) is 3.66. The third-order valence-corrected chi connectivity index (χ3v) is 3.20. The van der Waals surface area contributed by atoms with Crippen molar-refractivity contribution in [1.82, 2.24) is 0 Å². The van der Waals surface area contributed by atoms with Crippen LogP contribution in [0.4, 0.5) is 0 Å². The highest BCUT2D eigenvalue weighted by Gasteiger charge is 2.25. The molecule has 0 bridgehead atoms. The van der Waals surface area contributed by atoms with Crippen molar-refractivity contribution in [3.8, 4) is 0 Å². The van der Waals surface area contributed by atoms with Gasteiger partial charge in [-0.05, 0) is 12.8 Å². The van der Waals surface area contributed by atoms with E-state index in [2.05, 4.69) is 22.9 Å². The SMILES string of the molecule is CC1(CBr)CCCOC1. The molecule has 0 aromatic heterocycles. The maximum absolute atomic E-state index is 5.35. The summed E-state index contributed by atoms with van der Waals surface area (Å²) in [5, 5.41) is 1.07. The fourth-order valence-electron chi connectivity index (χ4n) is 1.10. The van der Waals surface area contributed by atoms with Crippen LogP contribution in [0.15, 0.2) is 0 Å². The fourth-order valence-corrected chi connectivity index (χ4v) is 1.54. The smallest absolute Gasteiger partial charge is 0.0527 e. The minimum atomic E-state index is 0.415. The summed E-state index contributed by atoms with van der Waals surface area (Å²) in [6, 6.07) is 0. The molecule has 1 atom stereocenters. The van der Waals surface area contributed by atoms with Crippen molar-refractivity contribution in [3.05, 3.63) is 0 Å². The molecule has 0 saturated carbocycles. The molecule has 1 aliphatic heterocycles. The minimum absolute atomic E-state index is 0.415. The number of ether oxygens (including phenoxy) is 1. The van der Waals surface area contributed by atoms with Gasteiger partial charge in [0.15, 0.2) is 0 Å². The summed E-state index contributed by atoms with van der Waals surface area (Å²) in [7, 11) is 0. The van der Waals surface area contributed by atoms with E-state index in [0.29, 0.717) is 5.41 Å². The Labute approximate surface area is 64.9 Å². The Hall–Kier alpha value is 0.440. The molecule has 0 aromatic rings. The molecule has 1 saturated heterocycles. The molecule has 1 fully saturated rings. The zero-order valence-electron chi connectivity index (χ0n) is 5.82. The van der Waals surface area contributed by atoms with E-state index < -0.39 is 0 Å². The lowest BCUT2D eigenvalue weighted by atomic mass is 9.87. The highest BCUT2D eigenvalue weighted by Crippen LogP contribution is 2.29. The molecular formula is C7H13BrO. The zero-order valence-corrected chi connectivity index (χ0v) is 7.41. The van der Waals surface area contributed by atoms with Crippen LogP contribution in [0.5, 0.6) is 0 Å². The van der Waals surface area contributed by atoms with Gasteiger partial charge in [0, 0.05) is 17.4 Å². The lowest BCUT2D eigenvalue weighted by Crippen LogP contribution is -2.29. The van der Waals surface area contributed by atoms with Gasteiger partial charge < -0.3 is 4.74 Å². The Kier molecular flexibility index (Phi) is 2.53. The van der Waals surface area contributed by atoms with E-state index >= 15 is 0 Å². The maximum atomic E-state index is 5.35. The molecule has 0 amide bonds. The van der Waals surface area contributed by atoms with Crippen LogP contribution in [0.25, 0.3) is 0 Å². The van der Waals surface area contributed by atoms with E-state index in [1.165, 1.54) is 12.8 Å². The van der Waals surface area contributed by atoms with E-state index in [1.807, 2.05) is 0 Å². The summed E-state index contributed by atoms with van der Waals surface area (Å²) < 4.78 is 5.35. The van der Waals surface area contributed by atoms with Gasteiger partial charge in [-0.2, -0.15) is 0 Å². The maximum Gasteiger partial charge on any atom is 0.0527 e. The average Bonchev–Trinajstić information content (AvgIpc) is 1.90. The number of alkyl halides is 1. The molecule has 2 heteroatoms. The molecule has 0 spiro atoms. The predicted molar refractivity (Wildman–Crippen MR) is 42.0 cm³/mol. The third-order valence-electron chi connectivity index (χ3n) is 1.84. The first kappa shape index (κ1) is 7.55. The first-order chi connectivity index (χ1) is 4.27. The fraction of sp³-hybridized carbons (Fsp3) is 1.00. The molecule has 1 aliphatic rings. The lowest BCUT2D eigenvalue weighted by molar-refractivity contribution is 0.0159. The Morgan fingerprint density at radius 1 is 1.67 bits per heavy atom.